The first-order chi connectivity index (χ1) is 8.59. The van der Waals surface area contributed by atoms with Gasteiger partial charge < -0.3 is 4.90 Å². The maximum Gasteiger partial charge on any atom is 0.235 e. The first-order valence-electron chi connectivity index (χ1n) is 6.15. The molecule has 0 N–H and O–H groups in total. The molecule has 1 aliphatic rings. The van der Waals surface area contributed by atoms with Crippen molar-refractivity contribution in [2.75, 3.05) is 19.0 Å². The third kappa shape index (κ3) is 2.16. The van der Waals surface area contributed by atoms with Gasteiger partial charge in [0.05, 0.1) is 0 Å². The molecule has 96 valence electrons. The first-order valence-corrected chi connectivity index (χ1v) is 6.15. The Balaban J connectivity index is 2.57. The summed E-state index contributed by atoms with van der Waals surface area (Å²) in [6.45, 7) is 0. The molecule has 3 nitrogen and oxygen atoms in total. The number of benzene rings is 1. The van der Waals surface area contributed by atoms with Crippen molar-refractivity contribution in [2.45, 2.75) is 31.2 Å². The highest BCUT2D eigenvalue weighted by Gasteiger charge is 2.37. The van der Waals surface area contributed by atoms with Gasteiger partial charge in [0.1, 0.15) is 11.4 Å². The van der Waals surface area contributed by atoms with Crippen molar-refractivity contribution in [2.24, 2.45) is 4.99 Å². The minimum Gasteiger partial charge on any atom is -0.377 e. The Morgan fingerprint density at radius 2 is 2.00 bits per heavy atom. The molecule has 0 aliphatic heterocycles. The van der Waals surface area contributed by atoms with Crippen molar-refractivity contribution in [1.82, 2.24) is 0 Å². The first kappa shape index (κ1) is 12.8. The van der Waals surface area contributed by atoms with E-state index in [1.54, 1.807) is 12.1 Å². The van der Waals surface area contributed by atoms with Gasteiger partial charge in [-0.1, -0.05) is 18.9 Å². The average Bonchev–Trinajstić information content (AvgIpc) is 2.79. The lowest BCUT2D eigenvalue weighted by atomic mass is 9.87. The monoisotopic (exact) mass is 248 g/mol. The Kier molecular flexibility index (Phi) is 3.48. The second kappa shape index (κ2) is 4.91. The van der Waals surface area contributed by atoms with Gasteiger partial charge in [-0.2, -0.15) is 4.99 Å². The molecule has 0 atom stereocenters. The summed E-state index contributed by atoms with van der Waals surface area (Å²) >= 11 is 0. The number of hydrogen-bond acceptors (Lipinski definition) is 3. The second-order valence-electron chi connectivity index (χ2n) is 5.00. The van der Waals surface area contributed by atoms with Crippen molar-refractivity contribution >= 4 is 11.8 Å². The van der Waals surface area contributed by atoms with Crippen molar-refractivity contribution in [1.29, 1.82) is 0 Å². The molecule has 0 amide bonds. The van der Waals surface area contributed by atoms with Crippen LogP contribution in [0.4, 0.5) is 10.1 Å². The number of hydrogen-bond donors (Lipinski definition) is 0. The van der Waals surface area contributed by atoms with Crippen molar-refractivity contribution in [3.63, 3.8) is 0 Å². The molecule has 18 heavy (non-hydrogen) atoms. The highest BCUT2D eigenvalue weighted by molar-refractivity contribution is 5.57. The molecular weight excluding hydrogens is 231 g/mol. The fourth-order valence-electron chi connectivity index (χ4n) is 2.76. The predicted molar refractivity (Wildman–Crippen MR) is 69.0 cm³/mol. The van der Waals surface area contributed by atoms with Crippen LogP contribution in [0.5, 0.6) is 0 Å². The molecule has 0 radical (unpaired) electrons. The van der Waals surface area contributed by atoms with Crippen LogP contribution in [-0.2, 0) is 10.3 Å². The van der Waals surface area contributed by atoms with Gasteiger partial charge in [-0.25, -0.2) is 9.18 Å². The summed E-state index contributed by atoms with van der Waals surface area (Å²) in [5.41, 5.74) is 1.21. The maximum absolute atomic E-state index is 13.4. The van der Waals surface area contributed by atoms with Gasteiger partial charge in [-0.05, 0) is 25.0 Å². The third-order valence-electron chi connectivity index (χ3n) is 3.63. The van der Waals surface area contributed by atoms with Gasteiger partial charge in [-0.15, -0.1) is 0 Å². The summed E-state index contributed by atoms with van der Waals surface area (Å²) in [7, 11) is 3.73. The van der Waals surface area contributed by atoms with Gasteiger partial charge in [-0.3, -0.25) is 0 Å². The number of aliphatic imine (C=N–C) groups is 1. The zero-order chi connectivity index (χ0) is 13.2. The highest BCUT2D eigenvalue weighted by Crippen LogP contribution is 2.45. The molecule has 0 heterocycles. The summed E-state index contributed by atoms with van der Waals surface area (Å²) in [6.07, 6.45) is 5.42. The normalized spacial score (nSPS) is 17.3. The number of isocyanates is 1. The minimum atomic E-state index is -0.505. The number of nitrogens with zero attached hydrogens (tertiary/aromatic N) is 2. The van der Waals surface area contributed by atoms with Crippen LogP contribution in [0.25, 0.3) is 0 Å². The largest absolute Gasteiger partial charge is 0.377 e. The lowest BCUT2D eigenvalue weighted by Gasteiger charge is -2.28. The SMILES string of the molecule is CN(C)c1cc(F)ccc1C1(N=C=O)CCCC1. The van der Waals surface area contributed by atoms with E-state index in [1.807, 2.05) is 19.0 Å². The van der Waals surface area contributed by atoms with E-state index in [2.05, 4.69) is 4.99 Å². The fraction of sp³-hybridized carbons (Fsp3) is 0.500. The topological polar surface area (TPSA) is 32.7 Å². The van der Waals surface area contributed by atoms with Gasteiger partial charge in [0.15, 0.2) is 0 Å². The standard InChI is InChI=1S/C14H17FN2O/c1-17(2)13-9-11(15)5-6-12(13)14(16-10-18)7-3-4-8-14/h5-6,9H,3-4,7-8H2,1-2H3. The van der Waals surface area contributed by atoms with Crippen LogP contribution in [0, 0.1) is 5.82 Å². The molecule has 1 saturated carbocycles. The smallest absolute Gasteiger partial charge is 0.235 e. The summed E-state index contributed by atoms with van der Waals surface area (Å²) < 4.78 is 13.4. The molecule has 1 aromatic rings. The summed E-state index contributed by atoms with van der Waals surface area (Å²) in [5, 5.41) is 0. The quantitative estimate of drug-likeness (QED) is 0.608. The van der Waals surface area contributed by atoms with E-state index < -0.39 is 5.54 Å². The number of carbonyl (C=O) groups excluding carboxylic acids is 1. The Hall–Kier alpha value is -1.67. The highest BCUT2D eigenvalue weighted by atomic mass is 19.1. The van der Waals surface area contributed by atoms with E-state index >= 15 is 0 Å². The fourth-order valence-corrected chi connectivity index (χ4v) is 2.76. The van der Waals surface area contributed by atoms with Crippen molar-refractivity contribution in [3.8, 4) is 0 Å². The molecule has 1 aromatic carbocycles. The van der Waals surface area contributed by atoms with Crippen molar-refractivity contribution < 1.29 is 9.18 Å². The number of rotatable bonds is 3. The predicted octanol–water partition coefficient (Wildman–Crippen LogP) is 3.00. The summed E-state index contributed by atoms with van der Waals surface area (Å²) in [5.74, 6) is -0.273. The van der Waals surface area contributed by atoms with Crippen LogP contribution in [-0.4, -0.2) is 20.2 Å². The molecule has 1 fully saturated rings. The molecule has 1 aliphatic carbocycles. The zero-order valence-corrected chi connectivity index (χ0v) is 10.7. The molecule has 0 bridgehead atoms. The third-order valence-corrected chi connectivity index (χ3v) is 3.63. The Morgan fingerprint density at radius 3 is 2.56 bits per heavy atom. The van der Waals surface area contributed by atoms with E-state index in [0.29, 0.717) is 0 Å². The Morgan fingerprint density at radius 1 is 1.33 bits per heavy atom. The molecule has 0 saturated heterocycles. The van der Waals surface area contributed by atoms with Gasteiger partial charge in [0.2, 0.25) is 6.08 Å². The second-order valence-corrected chi connectivity index (χ2v) is 5.00. The van der Waals surface area contributed by atoms with E-state index in [9.17, 15) is 9.18 Å². The number of anilines is 1. The lowest BCUT2D eigenvalue weighted by Crippen LogP contribution is -2.23. The Bertz CT molecular complexity index is 487. The van der Waals surface area contributed by atoms with E-state index in [1.165, 1.54) is 12.1 Å². The van der Waals surface area contributed by atoms with Crippen LogP contribution in [0.3, 0.4) is 0 Å². The summed E-state index contributed by atoms with van der Waals surface area (Å²) in [4.78, 5) is 16.6. The summed E-state index contributed by atoms with van der Waals surface area (Å²) in [6, 6.07) is 4.68. The van der Waals surface area contributed by atoms with Crippen LogP contribution < -0.4 is 4.90 Å². The maximum atomic E-state index is 13.4. The Labute approximate surface area is 106 Å². The van der Waals surface area contributed by atoms with Gasteiger partial charge in [0.25, 0.3) is 0 Å². The molecular formula is C14H17FN2O. The van der Waals surface area contributed by atoms with E-state index in [0.717, 1.165) is 36.9 Å². The van der Waals surface area contributed by atoms with Crippen LogP contribution >= 0.6 is 0 Å². The minimum absolute atomic E-state index is 0.273. The van der Waals surface area contributed by atoms with Crippen LogP contribution in [0.2, 0.25) is 0 Å². The molecule has 0 spiro atoms. The van der Waals surface area contributed by atoms with Gasteiger partial charge >= 0.3 is 0 Å². The molecule has 4 heteroatoms. The van der Waals surface area contributed by atoms with Gasteiger partial charge in [0, 0.05) is 25.3 Å². The molecule has 0 unspecified atom stereocenters. The van der Waals surface area contributed by atoms with Crippen LogP contribution in [0.15, 0.2) is 23.2 Å². The average molecular weight is 248 g/mol. The zero-order valence-electron chi connectivity index (χ0n) is 10.7. The number of halogens is 1. The molecule has 0 aromatic heterocycles. The molecule has 2 rings (SSSR count). The lowest BCUT2D eigenvalue weighted by molar-refractivity contribution is 0.455. The van der Waals surface area contributed by atoms with E-state index in [4.69, 9.17) is 0 Å². The van der Waals surface area contributed by atoms with Crippen LogP contribution in [0.1, 0.15) is 31.2 Å². The van der Waals surface area contributed by atoms with Crippen molar-refractivity contribution in [3.05, 3.63) is 29.6 Å². The van der Waals surface area contributed by atoms with E-state index in [-0.39, 0.29) is 5.82 Å².